The monoisotopic (exact) mass is 591 g/mol. The third-order valence-corrected chi connectivity index (χ3v) is 9.28. The summed E-state index contributed by atoms with van der Waals surface area (Å²) in [6, 6.07) is 22.8. The van der Waals surface area contributed by atoms with E-state index < -0.39 is 0 Å². The molecule has 4 nitrogen and oxygen atoms in total. The second-order valence-electron chi connectivity index (χ2n) is 11.7. The van der Waals surface area contributed by atoms with Crippen LogP contribution in [0.4, 0.5) is 5.69 Å². The average molecular weight is 592 g/mol. The number of benzene rings is 3. The van der Waals surface area contributed by atoms with Gasteiger partial charge in [0.05, 0.1) is 23.2 Å². The highest BCUT2D eigenvalue weighted by Gasteiger charge is 2.49. The van der Waals surface area contributed by atoms with E-state index in [0.717, 1.165) is 81.0 Å². The first-order valence-electron chi connectivity index (χ1n) is 16.8. The summed E-state index contributed by atoms with van der Waals surface area (Å²) < 4.78 is 0. The van der Waals surface area contributed by atoms with E-state index in [4.69, 9.17) is 11.0 Å². The molecule has 2 unspecified atom stereocenters. The first-order chi connectivity index (χ1) is 21.4. The molecule has 3 aromatic rings. The van der Waals surface area contributed by atoms with Crippen LogP contribution in [-0.2, 0) is 17.6 Å². The van der Waals surface area contributed by atoms with Crippen molar-refractivity contribution in [1.29, 1.82) is 5.26 Å². The van der Waals surface area contributed by atoms with Gasteiger partial charge in [-0.05, 0) is 92.6 Å². The number of amides is 1. The lowest BCUT2D eigenvalue weighted by Crippen LogP contribution is -2.38. The van der Waals surface area contributed by atoms with Gasteiger partial charge in [0.15, 0.2) is 0 Å². The fourth-order valence-corrected chi connectivity index (χ4v) is 7.09. The Labute approximate surface area is 266 Å². The maximum atomic E-state index is 14.6. The number of nitrogens with two attached hydrogens (primary N) is 1. The summed E-state index contributed by atoms with van der Waals surface area (Å²) in [6.45, 7) is 15.9. The Balaban J connectivity index is 0.00000259. The highest BCUT2D eigenvalue weighted by atomic mass is 16.2. The Bertz CT molecular complexity index is 1460. The van der Waals surface area contributed by atoms with Crippen molar-refractivity contribution in [2.24, 2.45) is 17.1 Å². The normalized spacial score (nSPS) is 16.8. The number of anilines is 1. The molecule has 3 aromatic carbocycles. The molecular weight excluding hydrogens is 538 g/mol. The van der Waals surface area contributed by atoms with Crippen LogP contribution in [-0.4, -0.2) is 12.5 Å². The van der Waals surface area contributed by atoms with Crippen molar-refractivity contribution < 1.29 is 4.79 Å². The molecule has 234 valence electrons. The van der Waals surface area contributed by atoms with Gasteiger partial charge in [-0.3, -0.25) is 9.69 Å². The van der Waals surface area contributed by atoms with Crippen LogP contribution in [0.2, 0.25) is 0 Å². The van der Waals surface area contributed by atoms with Crippen molar-refractivity contribution >= 4 is 22.4 Å². The molecule has 1 fully saturated rings. The zero-order valence-electron chi connectivity index (χ0n) is 27.8. The maximum absolute atomic E-state index is 14.6. The molecule has 1 saturated heterocycles. The van der Waals surface area contributed by atoms with Gasteiger partial charge in [0, 0.05) is 22.9 Å². The minimum absolute atomic E-state index is 0.117. The molecule has 0 saturated carbocycles. The first-order valence-corrected chi connectivity index (χ1v) is 16.8. The van der Waals surface area contributed by atoms with Crippen LogP contribution in [0.3, 0.4) is 0 Å². The summed E-state index contributed by atoms with van der Waals surface area (Å²) in [4.78, 5) is 16.6. The number of hydrogen-bond acceptors (Lipinski definition) is 3. The van der Waals surface area contributed by atoms with Crippen molar-refractivity contribution in [1.82, 2.24) is 0 Å². The van der Waals surface area contributed by atoms with Gasteiger partial charge in [-0.25, -0.2) is 0 Å². The number of unbranched alkanes of at least 4 members (excludes halogenated alkanes) is 1. The fourth-order valence-electron chi connectivity index (χ4n) is 7.09. The molecule has 0 spiro atoms. The molecule has 0 aliphatic carbocycles. The largest absolute Gasteiger partial charge is 0.330 e. The second kappa shape index (κ2) is 17.0. The van der Waals surface area contributed by atoms with E-state index in [-0.39, 0.29) is 17.2 Å². The number of carbonyl (C=O) groups excluding carboxylic acids is 1. The Morgan fingerprint density at radius 1 is 1.02 bits per heavy atom. The van der Waals surface area contributed by atoms with Crippen LogP contribution in [0, 0.1) is 22.7 Å². The van der Waals surface area contributed by atoms with Gasteiger partial charge in [-0.15, -0.1) is 0 Å². The summed E-state index contributed by atoms with van der Waals surface area (Å²) in [5.74, 6) is 0.0919. The predicted molar refractivity (Wildman–Crippen MR) is 188 cm³/mol. The molecule has 2 N–H and O–H groups in total. The Kier molecular flexibility index (Phi) is 13.4. The summed E-state index contributed by atoms with van der Waals surface area (Å²) in [5.41, 5.74) is 12.2. The minimum Gasteiger partial charge on any atom is -0.330 e. The van der Waals surface area contributed by atoms with Crippen LogP contribution < -0.4 is 10.6 Å². The number of hydrogen-bond donors (Lipinski definition) is 1. The molecular formula is C40H53N3O. The van der Waals surface area contributed by atoms with Gasteiger partial charge in [0.1, 0.15) is 0 Å². The lowest BCUT2D eigenvalue weighted by molar-refractivity contribution is -0.123. The van der Waals surface area contributed by atoms with E-state index in [1.165, 1.54) is 22.1 Å². The van der Waals surface area contributed by atoms with Gasteiger partial charge < -0.3 is 5.73 Å². The van der Waals surface area contributed by atoms with Crippen molar-refractivity contribution in [2.45, 2.75) is 98.8 Å². The molecule has 2 atom stereocenters. The Morgan fingerprint density at radius 2 is 1.73 bits per heavy atom. The predicted octanol–water partition coefficient (Wildman–Crippen LogP) is 10.1. The van der Waals surface area contributed by atoms with Crippen molar-refractivity contribution in [3.8, 4) is 6.07 Å². The smallest absolute Gasteiger partial charge is 0.235 e. The molecule has 0 bridgehead atoms. The zero-order valence-corrected chi connectivity index (χ0v) is 27.8. The third kappa shape index (κ3) is 7.51. The van der Waals surface area contributed by atoms with E-state index in [2.05, 4.69) is 88.0 Å². The summed E-state index contributed by atoms with van der Waals surface area (Å²) >= 11 is 0. The Morgan fingerprint density at radius 3 is 2.34 bits per heavy atom. The summed E-state index contributed by atoms with van der Waals surface area (Å²) in [5, 5.41) is 11.4. The lowest BCUT2D eigenvalue weighted by atomic mass is 9.64. The zero-order chi connectivity index (χ0) is 32.1. The van der Waals surface area contributed by atoms with Crippen LogP contribution in [0.1, 0.15) is 103 Å². The molecule has 1 amide bonds. The number of rotatable bonds is 14. The van der Waals surface area contributed by atoms with Gasteiger partial charge in [-0.2, -0.15) is 5.26 Å². The number of fused-ring (bicyclic) bond motifs is 1. The highest BCUT2D eigenvalue weighted by Crippen LogP contribution is 2.52. The minimum atomic E-state index is -0.225. The molecule has 4 heteroatoms. The van der Waals surface area contributed by atoms with E-state index in [1.807, 2.05) is 30.9 Å². The second-order valence-corrected chi connectivity index (χ2v) is 11.7. The SMILES string of the molecule is C=C(CCCCc1ccc(C#N)cc1)C(CC)(CCC)C1C/C(=C/CC)N(c2ccc(CCN)c3ccccc23)C1=O.CC. The van der Waals surface area contributed by atoms with Gasteiger partial charge in [0.2, 0.25) is 5.91 Å². The van der Waals surface area contributed by atoms with E-state index >= 15 is 0 Å². The molecule has 44 heavy (non-hydrogen) atoms. The quantitative estimate of drug-likeness (QED) is 0.150. The van der Waals surface area contributed by atoms with Crippen molar-refractivity contribution in [3.05, 3.63) is 101 Å². The molecule has 1 aliphatic heterocycles. The van der Waals surface area contributed by atoms with E-state index in [0.29, 0.717) is 12.1 Å². The van der Waals surface area contributed by atoms with Crippen LogP contribution >= 0.6 is 0 Å². The number of aryl methyl sites for hydroxylation is 1. The molecule has 4 rings (SSSR count). The van der Waals surface area contributed by atoms with Gasteiger partial charge in [-0.1, -0.05) is 102 Å². The van der Waals surface area contributed by atoms with E-state index in [9.17, 15) is 4.79 Å². The van der Waals surface area contributed by atoms with Crippen LogP contribution in [0.25, 0.3) is 10.8 Å². The van der Waals surface area contributed by atoms with Gasteiger partial charge in [0.25, 0.3) is 0 Å². The standard InChI is InChI=1S/C38H47N3O.C2H6/c1-5-12-32-26-35(37(42)41(32)36-22-21-31(23-25-39)33-15-10-11-16-34(33)36)38(7-3,24-6-2)28(4)13-8-9-14-29-17-19-30(27-40)20-18-29;1-2/h10-12,15-22,35H,4-9,13-14,23-26,39H2,1-3H3;1-2H3/b32-12-;. The topological polar surface area (TPSA) is 70.1 Å². The van der Waals surface area contributed by atoms with Gasteiger partial charge >= 0.3 is 0 Å². The highest BCUT2D eigenvalue weighted by molar-refractivity contribution is 6.09. The number of nitriles is 1. The maximum Gasteiger partial charge on any atom is 0.235 e. The van der Waals surface area contributed by atoms with Crippen molar-refractivity contribution in [3.63, 3.8) is 0 Å². The molecule has 0 radical (unpaired) electrons. The number of allylic oxidation sites excluding steroid dienone is 3. The first kappa shape index (κ1) is 34.8. The van der Waals surface area contributed by atoms with E-state index in [1.54, 1.807) is 0 Å². The van der Waals surface area contributed by atoms with Crippen LogP contribution in [0.5, 0.6) is 0 Å². The summed E-state index contributed by atoms with van der Waals surface area (Å²) in [6.07, 6.45) is 11.6. The Hall–Kier alpha value is -3.68. The molecule has 1 aliphatic rings. The lowest BCUT2D eigenvalue weighted by Gasteiger charge is -2.39. The average Bonchev–Trinajstić information content (AvgIpc) is 3.38. The molecule has 0 aromatic heterocycles. The molecule has 1 heterocycles. The fraction of sp³-hybridized carbons (Fsp3) is 0.450. The number of nitrogens with zero attached hydrogens (tertiary/aromatic N) is 2. The third-order valence-electron chi connectivity index (χ3n) is 9.28. The number of carbonyl (C=O) groups is 1. The van der Waals surface area contributed by atoms with Crippen LogP contribution in [0.15, 0.2) is 84.6 Å². The summed E-state index contributed by atoms with van der Waals surface area (Å²) in [7, 11) is 0. The van der Waals surface area contributed by atoms with Crippen molar-refractivity contribution in [2.75, 3.05) is 11.4 Å².